The number of carbonyl (C=O) groups is 2. The maximum absolute atomic E-state index is 13.5. The predicted molar refractivity (Wildman–Crippen MR) is 157 cm³/mol. The van der Waals surface area contributed by atoms with E-state index >= 15 is 0 Å². The second-order valence-electron chi connectivity index (χ2n) is 10.6. The highest BCUT2D eigenvalue weighted by Crippen LogP contribution is 2.33. The highest BCUT2D eigenvalue weighted by molar-refractivity contribution is 5.89. The number of nitrogens with one attached hydrogen (secondary N) is 3. The Labute approximate surface area is 247 Å². The van der Waals surface area contributed by atoms with Crippen LogP contribution in [0.4, 0.5) is 19.7 Å². The Hall–Kier alpha value is -3.25. The van der Waals surface area contributed by atoms with Gasteiger partial charge in [0.05, 0.1) is 46.2 Å². The molecule has 0 radical (unpaired) electrons. The molecule has 1 saturated carbocycles. The molecule has 1 heterocycles. The molecule has 11 heteroatoms. The van der Waals surface area contributed by atoms with Crippen molar-refractivity contribution in [3.8, 4) is 0 Å². The first-order valence-corrected chi connectivity index (χ1v) is 14.7. The Morgan fingerprint density at radius 1 is 0.833 bits per heavy atom. The molecule has 0 saturated heterocycles. The summed E-state index contributed by atoms with van der Waals surface area (Å²) >= 11 is 0. The summed E-state index contributed by atoms with van der Waals surface area (Å²) in [5.41, 5.74) is 3.80. The zero-order valence-electron chi connectivity index (χ0n) is 24.4. The van der Waals surface area contributed by atoms with Crippen molar-refractivity contribution in [3.63, 3.8) is 0 Å². The molecule has 10 nitrogen and oxygen atoms in total. The van der Waals surface area contributed by atoms with Crippen molar-refractivity contribution < 1.29 is 32.9 Å². The fourth-order valence-corrected chi connectivity index (χ4v) is 5.28. The maximum Gasteiger partial charge on any atom is 0.322 e. The number of fused-ring (bicyclic) bond motifs is 1. The van der Waals surface area contributed by atoms with E-state index in [9.17, 15) is 14.0 Å². The Morgan fingerprint density at radius 3 is 2.17 bits per heavy atom. The summed E-state index contributed by atoms with van der Waals surface area (Å²) in [4.78, 5) is 26.7. The number of ether oxygens (including phenoxy) is 4. The van der Waals surface area contributed by atoms with E-state index in [2.05, 4.69) is 28.1 Å². The number of anilines is 1. The van der Waals surface area contributed by atoms with E-state index in [1.807, 2.05) is 12.1 Å². The number of urea groups is 2. The van der Waals surface area contributed by atoms with Crippen LogP contribution in [0.15, 0.2) is 42.5 Å². The number of hydrogen-bond acceptors (Lipinski definition) is 6. The van der Waals surface area contributed by atoms with Gasteiger partial charge in [-0.05, 0) is 72.6 Å². The molecule has 3 N–H and O–H groups in total. The minimum atomic E-state index is -0.282. The van der Waals surface area contributed by atoms with Crippen LogP contribution in [0.25, 0.3) is 0 Å². The number of methoxy groups -OCH3 is 1. The van der Waals surface area contributed by atoms with Crippen LogP contribution in [0.2, 0.25) is 0 Å². The van der Waals surface area contributed by atoms with Crippen LogP contribution in [-0.2, 0) is 32.0 Å². The number of amides is 4. The summed E-state index contributed by atoms with van der Waals surface area (Å²) < 4.78 is 34.6. The van der Waals surface area contributed by atoms with Gasteiger partial charge in [0.1, 0.15) is 5.82 Å². The summed E-state index contributed by atoms with van der Waals surface area (Å²) in [7, 11) is 1.64. The standard InChI is InChI=1S/C31H43FN4O6/c1-39-14-15-41-18-19-42-17-16-40-13-12-33-30(37)34-28-8-3-23(4-9-28)24-5-10-29(11-6-24)35-31(38)36-21-25-2-7-27(32)20-26(25)22-36/h2,5-7,10-11,20,23,28H,3-4,8-9,12-19,21-22H2,1H3,(H,35,38)(H2,33,34,37). The van der Waals surface area contributed by atoms with Crippen LogP contribution in [0.5, 0.6) is 0 Å². The predicted octanol–water partition coefficient (Wildman–Crippen LogP) is 4.40. The smallest absolute Gasteiger partial charge is 0.322 e. The quantitative estimate of drug-likeness (QED) is 0.267. The lowest BCUT2D eigenvalue weighted by Crippen LogP contribution is -2.44. The van der Waals surface area contributed by atoms with E-state index in [0.717, 1.165) is 42.5 Å². The minimum absolute atomic E-state index is 0.151. The Kier molecular flexibility index (Phi) is 12.8. The van der Waals surface area contributed by atoms with Crippen LogP contribution in [0.3, 0.4) is 0 Å². The molecule has 42 heavy (non-hydrogen) atoms. The first-order valence-electron chi connectivity index (χ1n) is 14.7. The average molecular weight is 587 g/mol. The van der Waals surface area contributed by atoms with Crippen molar-refractivity contribution in [1.82, 2.24) is 15.5 Å². The van der Waals surface area contributed by atoms with Crippen LogP contribution in [0, 0.1) is 5.82 Å². The summed E-state index contributed by atoms with van der Waals surface area (Å²) in [5.74, 6) is 0.141. The van der Waals surface area contributed by atoms with E-state index in [4.69, 9.17) is 18.9 Å². The van der Waals surface area contributed by atoms with Crippen molar-refractivity contribution in [2.45, 2.75) is 50.7 Å². The molecule has 0 spiro atoms. The van der Waals surface area contributed by atoms with Gasteiger partial charge in [-0.15, -0.1) is 0 Å². The molecular weight excluding hydrogens is 543 g/mol. The van der Waals surface area contributed by atoms with E-state index in [-0.39, 0.29) is 23.9 Å². The second-order valence-corrected chi connectivity index (χ2v) is 10.6. The summed E-state index contributed by atoms with van der Waals surface area (Å²) in [6.45, 7) is 4.87. The number of rotatable bonds is 15. The van der Waals surface area contributed by atoms with Gasteiger partial charge in [-0.3, -0.25) is 0 Å². The molecule has 1 fully saturated rings. The fourth-order valence-electron chi connectivity index (χ4n) is 5.28. The molecule has 0 atom stereocenters. The molecule has 2 aromatic carbocycles. The molecule has 1 aliphatic carbocycles. The van der Waals surface area contributed by atoms with E-state index in [0.29, 0.717) is 71.8 Å². The van der Waals surface area contributed by atoms with Gasteiger partial charge < -0.3 is 39.8 Å². The maximum atomic E-state index is 13.5. The highest BCUT2D eigenvalue weighted by Gasteiger charge is 2.25. The van der Waals surface area contributed by atoms with Gasteiger partial charge in [0.2, 0.25) is 0 Å². The first-order chi connectivity index (χ1) is 20.5. The number of hydrogen-bond donors (Lipinski definition) is 3. The lowest BCUT2D eigenvalue weighted by Gasteiger charge is -2.29. The first kappa shape index (κ1) is 31.7. The topological polar surface area (TPSA) is 110 Å². The Bertz CT molecular complexity index is 1130. The zero-order valence-corrected chi connectivity index (χ0v) is 24.4. The van der Waals surface area contributed by atoms with E-state index < -0.39 is 0 Å². The number of benzene rings is 2. The largest absolute Gasteiger partial charge is 0.382 e. The number of nitrogens with zero attached hydrogens (tertiary/aromatic N) is 1. The second kappa shape index (κ2) is 17.0. The van der Waals surface area contributed by atoms with Gasteiger partial charge in [-0.1, -0.05) is 18.2 Å². The molecule has 0 aromatic heterocycles. The molecule has 0 bridgehead atoms. The van der Waals surface area contributed by atoms with Crippen LogP contribution < -0.4 is 16.0 Å². The average Bonchev–Trinajstić information content (AvgIpc) is 3.42. The molecule has 4 amide bonds. The Balaban J connectivity index is 1.05. The van der Waals surface area contributed by atoms with Gasteiger partial charge in [-0.25, -0.2) is 14.0 Å². The molecule has 2 aromatic rings. The Morgan fingerprint density at radius 2 is 1.48 bits per heavy atom. The minimum Gasteiger partial charge on any atom is -0.382 e. The lowest BCUT2D eigenvalue weighted by atomic mass is 9.82. The number of halogens is 1. The normalized spacial score (nSPS) is 18.0. The third-order valence-corrected chi connectivity index (χ3v) is 7.58. The number of carbonyl (C=O) groups excluding carboxylic acids is 2. The van der Waals surface area contributed by atoms with Crippen molar-refractivity contribution in [1.29, 1.82) is 0 Å². The van der Waals surface area contributed by atoms with Crippen LogP contribution >= 0.6 is 0 Å². The van der Waals surface area contributed by atoms with Gasteiger partial charge in [0.25, 0.3) is 0 Å². The summed E-state index contributed by atoms with van der Waals surface area (Å²) in [6.07, 6.45) is 3.80. The molecule has 230 valence electrons. The lowest BCUT2D eigenvalue weighted by molar-refractivity contribution is 0.00428. The zero-order chi connectivity index (χ0) is 29.6. The summed E-state index contributed by atoms with van der Waals surface area (Å²) in [6, 6.07) is 12.4. The van der Waals surface area contributed by atoms with Crippen molar-refractivity contribution in [3.05, 3.63) is 65.0 Å². The van der Waals surface area contributed by atoms with Crippen LogP contribution in [0.1, 0.15) is 48.3 Å². The molecule has 1 aliphatic heterocycles. The van der Waals surface area contributed by atoms with Gasteiger partial charge in [-0.2, -0.15) is 0 Å². The van der Waals surface area contributed by atoms with Crippen molar-refractivity contribution >= 4 is 17.7 Å². The summed E-state index contributed by atoms with van der Waals surface area (Å²) in [5, 5.41) is 8.87. The van der Waals surface area contributed by atoms with Crippen molar-refractivity contribution in [2.24, 2.45) is 0 Å². The van der Waals surface area contributed by atoms with E-state index in [1.54, 1.807) is 18.1 Å². The van der Waals surface area contributed by atoms with Gasteiger partial charge in [0, 0.05) is 38.5 Å². The molecule has 4 rings (SSSR count). The monoisotopic (exact) mass is 586 g/mol. The molecule has 0 unspecified atom stereocenters. The van der Waals surface area contributed by atoms with Crippen LogP contribution in [-0.4, -0.2) is 82.9 Å². The third kappa shape index (κ3) is 10.2. The molecular formula is C31H43FN4O6. The van der Waals surface area contributed by atoms with Gasteiger partial charge >= 0.3 is 12.1 Å². The third-order valence-electron chi connectivity index (χ3n) is 7.58. The molecule has 2 aliphatic rings. The van der Waals surface area contributed by atoms with E-state index in [1.165, 1.54) is 17.7 Å². The SMILES string of the molecule is COCCOCCOCCOCCNC(=O)NC1CCC(c2ccc(NC(=O)N3Cc4ccc(F)cc4C3)cc2)CC1. The highest BCUT2D eigenvalue weighted by atomic mass is 19.1. The van der Waals surface area contributed by atoms with Gasteiger partial charge in [0.15, 0.2) is 0 Å². The van der Waals surface area contributed by atoms with Crippen molar-refractivity contribution in [2.75, 3.05) is 65.2 Å². The fraction of sp³-hybridized carbons (Fsp3) is 0.548.